The molecule has 6 heteroatoms. The fraction of sp³-hybridized carbons (Fsp3) is 0.500. The van der Waals surface area contributed by atoms with Gasteiger partial charge in [0.15, 0.2) is 5.82 Å². The van der Waals surface area contributed by atoms with Crippen molar-refractivity contribution in [2.24, 2.45) is 13.0 Å². The van der Waals surface area contributed by atoms with Crippen LogP contribution in [0.5, 0.6) is 5.75 Å². The van der Waals surface area contributed by atoms with Gasteiger partial charge in [0.1, 0.15) is 24.8 Å². The lowest BCUT2D eigenvalue weighted by molar-refractivity contribution is 0.00394. The van der Waals surface area contributed by atoms with Crippen molar-refractivity contribution < 1.29 is 14.6 Å². The summed E-state index contributed by atoms with van der Waals surface area (Å²) in [5.74, 6) is 1.83. The summed E-state index contributed by atoms with van der Waals surface area (Å²) >= 11 is 0. The van der Waals surface area contributed by atoms with E-state index >= 15 is 0 Å². The number of aliphatic hydroxyl groups is 1. The zero-order chi connectivity index (χ0) is 15.9. The molecule has 1 aromatic heterocycles. The van der Waals surface area contributed by atoms with Crippen molar-refractivity contribution in [3.05, 3.63) is 30.6 Å². The molecule has 0 aliphatic carbocycles. The molecule has 0 aliphatic heterocycles. The lowest BCUT2D eigenvalue weighted by Crippen LogP contribution is -2.24. The molecule has 0 saturated carbocycles. The molecule has 0 amide bonds. The number of benzene rings is 1. The average molecular weight is 305 g/mol. The lowest BCUT2D eigenvalue weighted by atomic mass is 10.2. The number of hydrogen-bond acceptors (Lipinski definition) is 5. The van der Waals surface area contributed by atoms with E-state index in [4.69, 9.17) is 9.47 Å². The zero-order valence-corrected chi connectivity index (χ0v) is 13.3. The van der Waals surface area contributed by atoms with Crippen LogP contribution in [0.1, 0.15) is 13.8 Å². The van der Waals surface area contributed by atoms with Gasteiger partial charge in [-0.05, 0) is 30.2 Å². The molecule has 0 aliphatic rings. The van der Waals surface area contributed by atoms with Crippen LogP contribution in [0.15, 0.2) is 30.6 Å². The van der Waals surface area contributed by atoms with E-state index < -0.39 is 6.10 Å². The molecule has 1 atom stereocenters. The van der Waals surface area contributed by atoms with E-state index in [2.05, 4.69) is 23.9 Å². The number of nitrogens with zero attached hydrogens (tertiary/aromatic N) is 3. The molecule has 1 N–H and O–H groups in total. The van der Waals surface area contributed by atoms with Gasteiger partial charge in [0.2, 0.25) is 0 Å². The summed E-state index contributed by atoms with van der Waals surface area (Å²) in [6.45, 7) is 5.28. The third kappa shape index (κ3) is 5.13. The minimum atomic E-state index is -0.629. The first-order chi connectivity index (χ1) is 10.5. The summed E-state index contributed by atoms with van der Waals surface area (Å²) in [4.78, 5) is 4.19. The SMILES string of the molecule is CC(C)COCC(O)COc1ccc(-c2ncn(C)n2)cc1. The maximum absolute atomic E-state index is 9.79. The van der Waals surface area contributed by atoms with Crippen molar-refractivity contribution in [2.75, 3.05) is 19.8 Å². The van der Waals surface area contributed by atoms with Crippen LogP contribution in [-0.2, 0) is 11.8 Å². The maximum atomic E-state index is 9.79. The minimum absolute atomic E-state index is 0.208. The Bertz CT molecular complexity index is 566. The Morgan fingerprint density at radius 1 is 1.14 bits per heavy atom. The van der Waals surface area contributed by atoms with Gasteiger partial charge in [-0.25, -0.2) is 4.98 Å². The second kappa shape index (κ2) is 7.91. The average Bonchev–Trinajstić information content (AvgIpc) is 2.92. The van der Waals surface area contributed by atoms with E-state index in [0.29, 0.717) is 24.1 Å². The van der Waals surface area contributed by atoms with Crippen LogP contribution in [0.25, 0.3) is 11.4 Å². The molecule has 0 bridgehead atoms. The Kier molecular flexibility index (Phi) is 5.91. The monoisotopic (exact) mass is 305 g/mol. The van der Waals surface area contributed by atoms with Crippen molar-refractivity contribution in [1.29, 1.82) is 0 Å². The zero-order valence-electron chi connectivity index (χ0n) is 13.3. The maximum Gasteiger partial charge on any atom is 0.181 e. The van der Waals surface area contributed by atoms with Gasteiger partial charge < -0.3 is 14.6 Å². The minimum Gasteiger partial charge on any atom is -0.491 e. The van der Waals surface area contributed by atoms with Gasteiger partial charge in [0, 0.05) is 19.2 Å². The van der Waals surface area contributed by atoms with Crippen molar-refractivity contribution in [2.45, 2.75) is 20.0 Å². The van der Waals surface area contributed by atoms with E-state index in [1.54, 1.807) is 11.0 Å². The van der Waals surface area contributed by atoms with Crippen LogP contribution in [0.4, 0.5) is 0 Å². The Labute approximate surface area is 130 Å². The highest BCUT2D eigenvalue weighted by Gasteiger charge is 2.07. The van der Waals surface area contributed by atoms with E-state index in [1.165, 1.54) is 0 Å². The molecule has 22 heavy (non-hydrogen) atoms. The Hall–Kier alpha value is -1.92. The number of hydrogen-bond donors (Lipinski definition) is 1. The number of aryl methyl sites for hydroxylation is 1. The molecule has 2 rings (SSSR count). The second-order valence-electron chi connectivity index (χ2n) is 5.66. The van der Waals surface area contributed by atoms with Crippen molar-refractivity contribution >= 4 is 0 Å². The first kappa shape index (κ1) is 16.5. The molecule has 0 saturated heterocycles. The molecule has 1 heterocycles. The van der Waals surface area contributed by atoms with Gasteiger partial charge in [-0.1, -0.05) is 13.8 Å². The van der Waals surface area contributed by atoms with Gasteiger partial charge in [-0.2, -0.15) is 5.10 Å². The van der Waals surface area contributed by atoms with Crippen molar-refractivity contribution in [3.63, 3.8) is 0 Å². The third-order valence-corrected chi connectivity index (χ3v) is 2.92. The van der Waals surface area contributed by atoms with Crippen LogP contribution in [0.2, 0.25) is 0 Å². The quantitative estimate of drug-likeness (QED) is 0.806. The first-order valence-corrected chi connectivity index (χ1v) is 7.39. The predicted molar refractivity (Wildman–Crippen MR) is 83.6 cm³/mol. The van der Waals surface area contributed by atoms with Crippen LogP contribution < -0.4 is 4.74 Å². The number of aliphatic hydroxyl groups excluding tert-OH is 1. The molecule has 6 nitrogen and oxygen atoms in total. The van der Waals surface area contributed by atoms with E-state index in [-0.39, 0.29) is 13.2 Å². The van der Waals surface area contributed by atoms with Gasteiger partial charge in [-0.15, -0.1) is 0 Å². The summed E-state index contributed by atoms with van der Waals surface area (Å²) < 4.78 is 12.6. The van der Waals surface area contributed by atoms with Gasteiger partial charge >= 0.3 is 0 Å². The fourth-order valence-corrected chi connectivity index (χ4v) is 1.85. The highest BCUT2D eigenvalue weighted by Crippen LogP contribution is 2.19. The Balaban J connectivity index is 1.79. The van der Waals surface area contributed by atoms with Crippen LogP contribution >= 0.6 is 0 Å². The van der Waals surface area contributed by atoms with Gasteiger partial charge in [0.05, 0.1) is 6.61 Å². The Morgan fingerprint density at radius 2 is 1.86 bits per heavy atom. The van der Waals surface area contributed by atoms with Crippen LogP contribution in [0.3, 0.4) is 0 Å². The van der Waals surface area contributed by atoms with Crippen LogP contribution in [-0.4, -0.2) is 45.8 Å². The summed E-state index contributed by atoms with van der Waals surface area (Å²) in [6.07, 6.45) is 1.03. The van der Waals surface area contributed by atoms with Crippen molar-refractivity contribution in [1.82, 2.24) is 14.8 Å². The molecular weight excluding hydrogens is 282 g/mol. The molecule has 1 unspecified atom stereocenters. The van der Waals surface area contributed by atoms with Gasteiger partial charge in [-0.3, -0.25) is 4.68 Å². The summed E-state index contributed by atoms with van der Waals surface area (Å²) in [6, 6.07) is 7.47. The van der Waals surface area contributed by atoms with Crippen LogP contribution in [0, 0.1) is 5.92 Å². The topological polar surface area (TPSA) is 69.4 Å². The fourth-order valence-electron chi connectivity index (χ4n) is 1.85. The third-order valence-electron chi connectivity index (χ3n) is 2.92. The predicted octanol–water partition coefficient (Wildman–Crippen LogP) is 1.89. The Morgan fingerprint density at radius 3 is 2.45 bits per heavy atom. The lowest BCUT2D eigenvalue weighted by Gasteiger charge is -2.13. The van der Waals surface area contributed by atoms with Gasteiger partial charge in [0.25, 0.3) is 0 Å². The molecule has 2 aromatic rings. The van der Waals surface area contributed by atoms with Crippen molar-refractivity contribution in [3.8, 4) is 17.1 Å². The molecule has 120 valence electrons. The standard InChI is InChI=1S/C16H23N3O3/c1-12(2)8-21-9-14(20)10-22-15-6-4-13(5-7-15)16-17-11-19(3)18-16/h4-7,11-12,14,20H,8-10H2,1-3H3. The smallest absolute Gasteiger partial charge is 0.181 e. The molecule has 0 radical (unpaired) electrons. The van der Waals surface area contributed by atoms with E-state index in [1.807, 2.05) is 31.3 Å². The van der Waals surface area contributed by atoms with E-state index in [9.17, 15) is 5.11 Å². The number of ether oxygens (including phenoxy) is 2. The summed E-state index contributed by atoms with van der Waals surface area (Å²) in [5, 5.41) is 14.0. The second-order valence-corrected chi connectivity index (χ2v) is 5.66. The highest BCUT2D eigenvalue weighted by molar-refractivity contribution is 5.55. The normalized spacial score (nSPS) is 12.6. The molecule has 1 aromatic carbocycles. The highest BCUT2D eigenvalue weighted by atomic mass is 16.5. The molecular formula is C16H23N3O3. The number of aromatic nitrogens is 3. The first-order valence-electron chi connectivity index (χ1n) is 7.39. The van der Waals surface area contributed by atoms with E-state index in [0.717, 1.165) is 5.56 Å². The summed E-state index contributed by atoms with van der Waals surface area (Å²) in [7, 11) is 1.83. The molecule has 0 spiro atoms. The summed E-state index contributed by atoms with van der Waals surface area (Å²) in [5.41, 5.74) is 0.925. The molecule has 0 fully saturated rings. The number of rotatable bonds is 8. The largest absolute Gasteiger partial charge is 0.491 e.